The Kier molecular flexibility index (Phi) is 8.09. The molecule has 7 nitrogen and oxygen atoms in total. The van der Waals surface area contributed by atoms with Gasteiger partial charge in [0.1, 0.15) is 11.5 Å². The maximum absolute atomic E-state index is 12.3. The average Bonchev–Trinajstić information content (AvgIpc) is 3.26. The molecule has 1 aromatic heterocycles. The third-order valence-corrected chi connectivity index (χ3v) is 4.70. The molecular weight excluding hydrogens is 418 g/mol. The molecule has 3 N–H and O–H groups in total. The van der Waals surface area contributed by atoms with Gasteiger partial charge in [-0.3, -0.25) is 9.59 Å². The molecule has 1 heterocycles. The molecule has 0 unspecified atom stereocenters. The van der Waals surface area contributed by atoms with E-state index in [1.807, 2.05) is 24.3 Å². The number of anilines is 1. The van der Waals surface area contributed by atoms with E-state index in [1.165, 1.54) is 0 Å². The molecule has 0 spiro atoms. The highest BCUT2D eigenvalue weighted by Gasteiger charge is 2.12. The van der Waals surface area contributed by atoms with Crippen LogP contribution in [0.4, 0.5) is 5.69 Å². The number of furan rings is 1. The fourth-order valence-corrected chi connectivity index (χ4v) is 2.99. The Hall–Kier alpha value is -3.29. The summed E-state index contributed by atoms with van der Waals surface area (Å²) in [5, 5.41) is 9.24. The van der Waals surface area contributed by atoms with Gasteiger partial charge in [-0.15, -0.1) is 0 Å². The fourth-order valence-electron chi connectivity index (χ4n) is 2.86. The number of rotatable bonds is 10. The SMILES string of the molecule is COCCNC(=O)c1ccccc1NCC(=O)NCc1ccc(-c2ccc(Cl)cc2)o1. The van der Waals surface area contributed by atoms with Crippen molar-refractivity contribution in [2.75, 3.05) is 32.1 Å². The Bertz CT molecular complexity index is 1020. The maximum atomic E-state index is 12.3. The molecule has 0 aliphatic heterocycles. The first-order valence-corrected chi connectivity index (χ1v) is 10.2. The highest BCUT2D eigenvalue weighted by Crippen LogP contribution is 2.23. The van der Waals surface area contributed by atoms with Crippen LogP contribution in [0, 0.1) is 0 Å². The summed E-state index contributed by atoms with van der Waals surface area (Å²) < 4.78 is 10.7. The lowest BCUT2D eigenvalue weighted by Crippen LogP contribution is -2.31. The molecule has 0 saturated carbocycles. The molecule has 0 bridgehead atoms. The summed E-state index contributed by atoms with van der Waals surface area (Å²) in [6.07, 6.45) is 0. The fraction of sp³-hybridized carbons (Fsp3) is 0.217. The standard InChI is InChI=1S/C23H24ClN3O4/c1-30-13-12-25-23(29)19-4-2-3-5-20(19)26-15-22(28)27-14-18-10-11-21(31-18)16-6-8-17(24)9-7-16/h2-11,26H,12-15H2,1H3,(H,25,29)(H,27,28). The molecule has 0 saturated heterocycles. The molecule has 2 aromatic carbocycles. The predicted octanol–water partition coefficient (Wildman–Crippen LogP) is 3.70. The van der Waals surface area contributed by atoms with E-state index in [0.29, 0.717) is 40.9 Å². The maximum Gasteiger partial charge on any atom is 0.253 e. The zero-order chi connectivity index (χ0) is 22.1. The van der Waals surface area contributed by atoms with Crippen LogP contribution in [0.5, 0.6) is 0 Å². The first kappa shape index (κ1) is 22.4. The van der Waals surface area contributed by atoms with Crippen LogP contribution in [0.1, 0.15) is 16.1 Å². The van der Waals surface area contributed by atoms with Crippen molar-refractivity contribution in [3.8, 4) is 11.3 Å². The lowest BCUT2D eigenvalue weighted by molar-refractivity contribution is -0.119. The predicted molar refractivity (Wildman–Crippen MR) is 120 cm³/mol. The van der Waals surface area contributed by atoms with Gasteiger partial charge in [0, 0.05) is 29.9 Å². The van der Waals surface area contributed by atoms with Crippen LogP contribution < -0.4 is 16.0 Å². The van der Waals surface area contributed by atoms with E-state index in [4.69, 9.17) is 20.8 Å². The van der Waals surface area contributed by atoms with Crippen LogP contribution >= 0.6 is 11.6 Å². The minimum absolute atomic E-state index is 0.0209. The van der Waals surface area contributed by atoms with E-state index in [0.717, 1.165) is 5.56 Å². The van der Waals surface area contributed by atoms with Crippen molar-refractivity contribution in [1.29, 1.82) is 0 Å². The number of carbonyl (C=O) groups excluding carboxylic acids is 2. The Morgan fingerprint density at radius 2 is 1.77 bits per heavy atom. The lowest BCUT2D eigenvalue weighted by atomic mass is 10.1. The van der Waals surface area contributed by atoms with Gasteiger partial charge >= 0.3 is 0 Å². The van der Waals surface area contributed by atoms with Gasteiger partial charge in [0.05, 0.1) is 25.3 Å². The number of nitrogens with one attached hydrogen (secondary N) is 3. The summed E-state index contributed by atoms with van der Waals surface area (Å²) >= 11 is 5.91. The third-order valence-electron chi connectivity index (χ3n) is 4.45. The van der Waals surface area contributed by atoms with Crippen molar-refractivity contribution >= 4 is 29.1 Å². The quantitative estimate of drug-likeness (QED) is 0.417. The topological polar surface area (TPSA) is 92.6 Å². The van der Waals surface area contributed by atoms with Crippen LogP contribution in [0.3, 0.4) is 0 Å². The van der Waals surface area contributed by atoms with E-state index >= 15 is 0 Å². The summed E-state index contributed by atoms with van der Waals surface area (Å²) in [4.78, 5) is 24.6. The highest BCUT2D eigenvalue weighted by atomic mass is 35.5. The van der Waals surface area contributed by atoms with Crippen molar-refractivity contribution in [1.82, 2.24) is 10.6 Å². The largest absolute Gasteiger partial charge is 0.459 e. The Labute approximate surface area is 185 Å². The molecular formula is C23H24ClN3O4. The van der Waals surface area contributed by atoms with Crippen LogP contribution in [0.2, 0.25) is 5.02 Å². The molecule has 0 aliphatic carbocycles. The van der Waals surface area contributed by atoms with Crippen molar-refractivity contribution in [2.45, 2.75) is 6.54 Å². The monoisotopic (exact) mass is 441 g/mol. The number of carbonyl (C=O) groups is 2. The first-order chi connectivity index (χ1) is 15.1. The van der Waals surface area contributed by atoms with Crippen LogP contribution in [-0.2, 0) is 16.1 Å². The number of hydrogen-bond donors (Lipinski definition) is 3. The number of para-hydroxylation sites is 1. The second-order valence-corrected chi connectivity index (χ2v) is 7.13. The number of halogens is 1. The summed E-state index contributed by atoms with van der Waals surface area (Å²) in [5.74, 6) is 0.883. The molecule has 3 rings (SSSR count). The molecule has 31 heavy (non-hydrogen) atoms. The molecule has 162 valence electrons. The number of amides is 2. The van der Waals surface area contributed by atoms with Gasteiger partial charge in [0.2, 0.25) is 5.91 Å². The smallest absolute Gasteiger partial charge is 0.253 e. The van der Waals surface area contributed by atoms with E-state index < -0.39 is 0 Å². The normalized spacial score (nSPS) is 10.5. The van der Waals surface area contributed by atoms with Gasteiger partial charge in [-0.2, -0.15) is 0 Å². The van der Waals surface area contributed by atoms with Crippen molar-refractivity contribution in [3.05, 3.63) is 77.0 Å². The van der Waals surface area contributed by atoms with E-state index in [2.05, 4.69) is 16.0 Å². The summed E-state index contributed by atoms with van der Waals surface area (Å²) in [6, 6.07) is 18.0. The van der Waals surface area contributed by atoms with E-state index in [-0.39, 0.29) is 24.9 Å². The Balaban J connectivity index is 1.50. The number of methoxy groups -OCH3 is 1. The Morgan fingerprint density at radius 1 is 1.00 bits per heavy atom. The van der Waals surface area contributed by atoms with Gasteiger partial charge in [0.25, 0.3) is 5.91 Å². The third kappa shape index (κ3) is 6.60. The second-order valence-electron chi connectivity index (χ2n) is 6.70. The molecule has 0 atom stereocenters. The minimum atomic E-state index is -0.231. The van der Waals surface area contributed by atoms with Gasteiger partial charge in [-0.1, -0.05) is 23.7 Å². The first-order valence-electron chi connectivity index (χ1n) is 9.78. The Morgan fingerprint density at radius 3 is 2.55 bits per heavy atom. The summed E-state index contributed by atoms with van der Waals surface area (Å²) in [5.41, 5.74) is 1.95. The molecule has 0 aliphatic rings. The highest BCUT2D eigenvalue weighted by molar-refractivity contribution is 6.30. The average molecular weight is 442 g/mol. The number of benzene rings is 2. The van der Waals surface area contributed by atoms with Crippen LogP contribution in [0.15, 0.2) is 65.1 Å². The van der Waals surface area contributed by atoms with Crippen molar-refractivity contribution in [3.63, 3.8) is 0 Å². The van der Waals surface area contributed by atoms with Gasteiger partial charge in [0.15, 0.2) is 0 Å². The van der Waals surface area contributed by atoms with Crippen molar-refractivity contribution in [2.24, 2.45) is 0 Å². The summed E-state index contributed by atoms with van der Waals surface area (Å²) in [6.45, 7) is 1.11. The minimum Gasteiger partial charge on any atom is -0.459 e. The molecule has 3 aromatic rings. The van der Waals surface area contributed by atoms with Gasteiger partial charge < -0.3 is 25.1 Å². The second kappa shape index (κ2) is 11.2. The van der Waals surface area contributed by atoms with Gasteiger partial charge in [-0.05, 0) is 48.5 Å². The van der Waals surface area contributed by atoms with Crippen LogP contribution in [-0.4, -0.2) is 38.6 Å². The zero-order valence-electron chi connectivity index (χ0n) is 17.1. The number of hydrogen-bond acceptors (Lipinski definition) is 5. The van der Waals surface area contributed by atoms with Crippen LogP contribution in [0.25, 0.3) is 11.3 Å². The van der Waals surface area contributed by atoms with E-state index in [1.54, 1.807) is 43.5 Å². The zero-order valence-corrected chi connectivity index (χ0v) is 17.9. The van der Waals surface area contributed by atoms with Crippen molar-refractivity contribution < 1.29 is 18.7 Å². The number of ether oxygens (including phenoxy) is 1. The molecule has 0 fully saturated rings. The summed E-state index contributed by atoms with van der Waals surface area (Å²) in [7, 11) is 1.57. The molecule has 8 heteroatoms. The lowest BCUT2D eigenvalue weighted by Gasteiger charge is -2.12. The van der Waals surface area contributed by atoms with Gasteiger partial charge in [-0.25, -0.2) is 0 Å². The molecule has 2 amide bonds. The molecule has 0 radical (unpaired) electrons. The van der Waals surface area contributed by atoms with E-state index in [9.17, 15) is 9.59 Å².